The molecule has 1 unspecified atom stereocenters. The normalized spacial score (nSPS) is 12.6. The zero-order valence-electron chi connectivity index (χ0n) is 9.74. The standard InChI is InChI=1S/C11H16N6/c1-2-5-17-8-9(6-15-17)11(16-12)10-7-13-3-4-14-10/h3-4,6-8,11,16H,2,5,12H2,1H3. The lowest BCUT2D eigenvalue weighted by molar-refractivity contribution is 0.594. The topological polar surface area (TPSA) is 81.7 Å². The Labute approximate surface area is 99.9 Å². The van der Waals surface area contributed by atoms with E-state index in [2.05, 4.69) is 27.4 Å². The van der Waals surface area contributed by atoms with Crippen LogP contribution in [-0.4, -0.2) is 19.7 Å². The van der Waals surface area contributed by atoms with E-state index in [1.54, 1.807) is 24.8 Å². The van der Waals surface area contributed by atoms with Crippen molar-refractivity contribution in [2.75, 3.05) is 0 Å². The highest BCUT2D eigenvalue weighted by Crippen LogP contribution is 2.17. The summed E-state index contributed by atoms with van der Waals surface area (Å²) < 4.78 is 1.90. The van der Waals surface area contributed by atoms with Crippen LogP contribution in [0.25, 0.3) is 0 Å². The van der Waals surface area contributed by atoms with Crippen LogP contribution in [0, 0.1) is 0 Å². The van der Waals surface area contributed by atoms with Crippen molar-refractivity contribution in [1.82, 2.24) is 25.2 Å². The van der Waals surface area contributed by atoms with E-state index in [0.717, 1.165) is 24.2 Å². The van der Waals surface area contributed by atoms with Gasteiger partial charge >= 0.3 is 0 Å². The molecule has 6 heteroatoms. The van der Waals surface area contributed by atoms with Crippen molar-refractivity contribution >= 4 is 0 Å². The van der Waals surface area contributed by atoms with Gasteiger partial charge in [0.2, 0.25) is 0 Å². The molecule has 0 saturated heterocycles. The van der Waals surface area contributed by atoms with Crippen LogP contribution in [0.15, 0.2) is 31.0 Å². The maximum absolute atomic E-state index is 5.57. The summed E-state index contributed by atoms with van der Waals surface area (Å²) in [5, 5.41) is 4.27. The van der Waals surface area contributed by atoms with E-state index >= 15 is 0 Å². The maximum atomic E-state index is 5.57. The summed E-state index contributed by atoms with van der Waals surface area (Å²) >= 11 is 0. The summed E-state index contributed by atoms with van der Waals surface area (Å²) in [5.41, 5.74) is 4.51. The van der Waals surface area contributed by atoms with Gasteiger partial charge in [0.15, 0.2) is 0 Å². The minimum atomic E-state index is -0.172. The Bertz CT molecular complexity index is 452. The van der Waals surface area contributed by atoms with Crippen LogP contribution < -0.4 is 11.3 Å². The smallest absolute Gasteiger partial charge is 0.0927 e. The van der Waals surface area contributed by atoms with Crippen molar-refractivity contribution in [3.05, 3.63) is 42.2 Å². The number of aryl methyl sites for hydroxylation is 1. The molecule has 3 N–H and O–H groups in total. The monoisotopic (exact) mass is 232 g/mol. The first-order valence-electron chi connectivity index (χ1n) is 5.59. The van der Waals surface area contributed by atoms with Gasteiger partial charge in [0.05, 0.1) is 24.1 Å². The van der Waals surface area contributed by atoms with Crippen molar-refractivity contribution in [2.24, 2.45) is 5.84 Å². The molecular formula is C11H16N6. The van der Waals surface area contributed by atoms with E-state index in [1.807, 2.05) is 10.9 Å². The minimum absolute atomic E-state index is 0.172. The lowest BCUT2D eigenvalue weighted by Gasteiger charge is -2.12. The Morgan fingerprint density at radius 1 is 1.41 bits per heavy atom. The third-order valence-corrected chi connectivity index (χ3v) is 2.48. The van der Waals surface area contributed by atoms with E-state index < -0.39 is 0 Å². The van der Waals surface area contributed by atoms with Crippen molar-refractivity contribution in [1.29, 1.82) is 0 Å². The second-order valence-corrected chi connectivity index (χ2v) is 3.77. The minimum Gasteiger partial charge on any atom is -0.272 e. The SMILES string of the molecule is CCCn1cc(C(NN)c2cnccn2)cn1. The number of nitrogens with two attached hydrogens (primary N) is 1. The predicted octanol–water partition coefficient (Wildman–Crippen LogP) is 0.636. The Morgan fingerprint density at radius 3 is 2.94 bits per heavy atom. The van der Waals surface area contributed by atoms with Gasteiger partial charge in [-0.05, 0) is 6.42 Å². The molecule has 0 amide bonds. The highest BCUT2D eigenvalue weighted by Gasteiger charge is 2.15. The Balaban J connectivity index is 2.23. The molecule has 17 heavy (non-hydrogen) atoms. The molecule has 0 spiro atoms. The molecule has 2 aromatic heterocycles. The average Bonchev–Trinajstić information content (AvgIpc) is 2.81. The van der Waals surface area contributed by atoms with Gasteiger partial charge in [0.1, 0.15) is 0 Å². The fourth-order valence-electron chi connectivity index (χ4n) is 1.69. The number of hydrogen-bond donors (Lipinski definition) is 2. The van der Waals surface area contributed by atoms with Crippen LogP contribution in [0.2, 0.25) is 0 Å². The van der Waals surface area contributed by atoms with Gasteiger partial charge in [-0.1, -0.05) is 6.92 Å². The molecule has 0 aromatic carbocycles. The molecule has 2 aromatic rings. The molecule has 0 aliphatic rings. The second-order valence-electron chi connectivity index (χ2n) is 3.77. The molecule has 2 rings (SSSR count). The molecule has 0 radical (unpaired) electrons. The van der Waals surface area contributed by atoms with E-state index in [0.29, 0.717) is 0 Å². The van der Waals surface area contributed by atoms with Gasteiger partial charge in [-0.25, -0.2) is 5.43 Å². The Hall–Kier alpha value is -1.79. The van der Waals surface area contributed by atoms with Crippen LogP contribution >= 0.6 is 0 Å². The Kier molecular flexibility index (Phi) is 3.79. The number of hydrogen-bond acceptors (Lipinski definition) is 5. The van der Waals surface area contributed by atoms with Crippen LogP contribution in [0.3, 0.4) is 0 Å². The Morgan fingerprint density at radius 2 is 2.29 bits per heavy atom. The van der Waals surface area contributed by atoms with Crippen molar-refractivity contribution in [3.8, 4) is 0 Å². The van der Waals surface area contributed by atoms with Gasteiger partial charge in [0, 0.05) is 30.7 Å². The summed E-state index contributed by atoms with van der Waals surface area (Å²) in [6.45, 7) is 3.01. The first kappa shape index (κ1) is 11.7. The molecule has 0 aliphatic carbocycles. The number of nitrogens with one attached hydrogen (secondary N) is 1. The first-order valence-corrected chi connectivity index (χ1v) is 5.59. The molecular weight excluding hydrogens is 216 g/mol. The molecule has 0 saturated carbocycles. The zero-order chi connectivity index (χ0) is 12.1. The van der Waals surface area contributed by atoms with E-state index in [9.17, 15) is 0 Å². The van der Waals surface area contributed by atoms with Crippen molar-refractivity contribution < 1.29 is 0 Å². The van der Waals surface area contributed by atoms with E-state index in [1.165, 1.54) is 0 Å². The summed E-state index contributed by atoms with van der Waals surface area (Å²) in [7, 11) is 0. The number of hydrazine groups is 1. The van der Waals surface area contributed by atoms with Gasteiger partial charge in [-0.3, -0.25) is 20.5 Å². The summed E-state index contributed by atoms with van der Waals surface area (Å²) in [6.07, 6.45) is 9.81. The molecule has 2 heterocycles. The summed E-state index contributed by atoms with van der Waals surface area (Å²) in [4.78, 5) is 8.28. The van der Waals surface area contributed by atoms with Gasteiger partial charge in [0.25, 0.3) is 0 Å². The largest absolute Gasteiger partial charge is 0.272 e. The summed E-state index contributed by atoms with van der Waals surface area (Å²) in [5.74, 6) is 5.57. The third kappa shape index (κ3) is 2.66. The fourth-order valence-corrected chi connectivity index (χ4v) is 1.69. The molecule has 6 nitrogen and oxygen atoms in total. The first-order chi connectivity index (χ1) is 8.35. The molecule has 90 valence electrons. The molecule has 0 fully saturated rings. The van der Waals surface area contributed by atoms with Crippen LogP contribution in [0.4, 0.5) is 0 Å². The number of nitrogens with zero attached hydrogens (tertiary/aromatic N) is 4. The molecule has 0 bridgehead atoms. The van der Waals surface area contributed by atoms with Crippen LogP contribution in [0.1, 0.15) is 30.6 Å². The maximum Gasteiger partial charge on any atom is 0.0927 e. The van der Waals surface area contributed by atoms with Crippen molar-refractivity contribution in [3.63, 3.8) is 0 Å². The second kappa shape index (κ2) is 5.51. The fraction of sp³-hybridized carbons (Fsp3) is 0.364. The molecule has 0 aliphatic heterocycles. The van der Waals surface area contributed by atoms with E-state index in [-0.39, 0.29) is 6.04 Å². The predicted molar refractivity (Wildman–Crippen MR) is 63.7 cm³/mol. The number of rotatable bonds is 5. The van der Waals surface area contributed by atoms with Gasteiger partial charge < -0.3 is 0 Å². The van der Waals surface area contributed by atoms with Crippen LogP contribution in [0.5, 0.6) is 0 Å². The van der Waals surface area contributed by atoms with Crippen molar-refractivity contribution in [2.45, 2.75) is 25.9 Å². The number of aromatic nitrogens is 4. The lowest BCUT2D eigenvalue weighted by atomic mass is 10.1. The molecule has 1 atom stereocenters. The average molecular weight is 232 g/mol. The van der Waals surface area contributed by atoms with E-state index in [4.69, 9.17) is 5.84 Å². The zero-order valence-corrected chi connectivity index (χ0v) is 9.74. The van der Waals surface area contributed by atoms with Gasteiger partial charge in [-0.2, -0.15) is 5.10 Å². The summed E-state index contributed by atoms with van der Waals surface area (Å²) in [6, 6.07) is -0.172. The lowest BCUT2D eigenvalue weighted by Crippen LogP contribution is -2.29. The third-order valence-electron chi connectivity index (χ3n) is 2.48. The highest BCUT2D eigenvalue weighted by molar-refractivity contribution is 5.21. The highest BCUT2D eigenvalue weighted by atomic mass is 15.3. The quantitative estimate of drug-likeness (QED) is 0.584. The van der Waals surface area contributed by atoms with Gasteiger partial charge in [-0.15, -0.1) is 0 Å². The van der Waals surface area contributed by atoms with Crippen LogP contribution in [-0.2, 0) is 6.54 Å².